The normalized spacial score (nSPS) is 11.1. The van der Waals surface area contributed by atoms with Crippen molar-refractivity contribution in [2.45, 2.75) is 6.61 Å². The van der Waals surface area contributed by atoms with Gasteiger partial charge in [-0.2, -0.15) is 5.26 Å². The van der Waals surface area contributed by atoms with Gasteiger partial charge in [0, 0.05) is 19.5 Å². The average Bonchev–Trinajstić information content (AvgIpc) is 2.73. The summed E-state index contributed by atoms with van der Waals surface area (Å²) in [5, 5.41) is 10.6. The fourth-order valence-corrected chi connectivity index (χ4v) is 3.92. The van der Waals surface area contributed by atoms with Crippen LogP contribution in [0, 0.1) is 11.3 Å². The van der Waals surface area contributed by atoms with Gasteiger partial charge in [0.1, 0.15) is 6.61 Å². The molecule has 7 heteroatoms. The zero-order valence-corrected chi connectivity index (χ0v) is 20.4. The second-order valence-corrected chi connectivity index (χ2v) is 8.85. The van der Waals surface area contributed by atoms with Crippen LogP contribution in [-0.4, -0.2) is 7.11 Å². The first-order chi connectivity index (χ1) is 14.4. The Bertz CT molecular complexity index is 1140. The lowest BCUT2D eigenvalue weighted by Crippen LogP contribution is -1.98. The molecule has 3 nitrogen and oxygen atoms in total. The maximum atomic E-state index is 9.65. The van der Waals surface area contributed by atoms with Crippen molar-refractivity contribution in [1.29, 1.82) is 5.26 Å². The number of allylic oxidation sites excluding steroid dienone is 1. The van der Waals surface area contributed by atoms with Crippen LogP contribution in [0.3, 0.4) is 0 Å². The van der Waals surface area contributed by atoms with Gasteiger partial charge in [0.05, 0.1) is 23.8 Å². The fourth-order valence-electron chi connectivity index (χ4n) is 2.71. The molecule has 30 heavy (non-hydrogen) atoms. The molecule has 0 aliphatic rings. The van der Waals surface area contributed by atoms with E-state index >= 15 is 0 Å². The number of methoxy groups -OCH3 is 1. The summed E-state index contributed by atoms with van der Waals surface area (Å²) in [7, 11) is 1.57. The molecule has 0 heterocycles. The summed E-state index contributed by atoms with van der Waals surface area (Å²) < 4.78 is 13.2. The van der Waals surface area contributed by atoms with E-state index in [1.54, 1.807) is 31.4 Å². The van der Waals surface area contributed by atoms with E-state index in [-0.39, 0.29) is 0 Å². The van der Waals surface area contributed by atoms with Crippen LogP contribution in [0.25, 0.3) is 11.6 Å². The van der Waals surface area contributed by atoms with Crippen LogP contribution < -0.4 is 9.47 Å². The summed E-state index contributed by atoms with van der Waals surface area (Å²) in [6, 6.07) is 18.7. The van der Waals surface area contributed by atoms with E-state index in [0.29, 0.717) is 39.3 Å². The van der Waals surface area contributed by atoms with Gasteiger partial charge in [-0.25, -0.2) is 0 Å². The molecule has 0 atom stereocenters. The highest BCUT2D eigenvalue weighted by atomic mass is 79.9. The molecule has 0 saturated heterocycles. The van der Waals surface area contributed by atoms with Crippen LogP contribution >= 0.6 is 55.1 Å². The Morgan fingerprint density at radius 3 is 2.40 bits per heavy atom. The van der Waals surface area contributed by atoms with Crippen LogP contribution in [0.15, 0.2) is 63.5 Å². The summed E-state index contributed by atoms with van der Waals surface area (Å²) in [6.07, 6.45) is 1.74. The standard InChI is InChI=1S/C23H15Br2Cl2NO2/c1-29-22-9-15(8-16(12-28)19-7-6-18(26)10-21(19)27)20(25)11-23(22)30-13-14-2-4-17(24)5-3-14/h2-11H,13H2,1H3/b16-8+. The molecule has 0 bridgehead atoms. The maximum Gasteiger partial charge on any atom is 0.162 e. The quantitative estimate of drug-likeness (QED) is 0.223. The van der Waals surface area contributed by atoms with Crippen LogP contribution in [0.1, 0.15) is 16.7 Å². The van der Waals surface area contributed by atoms with Gasteiger partial charge in [-0.3, -0.25) is 0 Å². The van der Waals surface area contributed by atoms with Crippen molar-refractivity contribution in [3.8, 4) is 17.6 Å². The molecule has 3 rings (SSSR count). The molecule has 3 aromatic carbocycles. The molecule has 0 saturated carbocycles. The first-order valence-electron chi connectivity index (χ1n) is 8.73. The molecule has 0 aliphatic carbocycles. The van der Waals surface area contributed by atoms with Crippen molar-refractivity contribution in [3.63, 3.8) is 0 Å². The van der Waals surface area contributed by atoms with E-state index in [9.17, 15) is 5.26 Å². The zero-order valence-electron chi connectivity index (χ0n) is 15.8. The third kappa shape index (κ3) is 5.59. The molecular weight excluding hydrogens is 553 g/mol. The van der Waals surface area contributed by atoms with Gasteiger partial charge in [0.2, 0.25) is 0 Å². The third-order valence-corrected chi connectivity index (χ3v) is 6.00. The van der Waals surface area contributed by atoms with Crippen molar-refractivity contribution in [3.05, 3.63) is 90.3 Å². The molecule has 3 aromatic rings. The third-order valence-electron chi connectivity index (χ3n) is 4.23. The molecule has 0 N–H and O–H groups in total. The molecular formula is C23H15Br2Cl2NO2. The molecule has 0 fully saturated rings. The summed E-state index contributed by atoms with van der Waals surface area (Å²) in [5.41, 5.74) is 2.79. The molecule has 0 spiro atoms. The SMILES string of the molecule is COc1cc(/C=C(\C#N)c2ccc(Cl)cc2Cl)c(Br)cc1OCc1ccc(Br)cc1. The monoisotopic (exact) mass is 565 g/mol. The van der Waals surface area contributed by atoms with Crippen molar-refractivity contribution in [1.82, 2.24) is 0 Å². The Morgan fingerprint density at radius 2 is 1.77 bits per heavy atom. The minimum atomic E-state index is 0.398. The number of benzene rings is 3. The fraction of sp³-hybridized carbons (Fsp3) is 0.0870. The second-order valence-electron chi connectivity index (χ2n) is 6.23. The Labute approximate surface area is 202 Å². The van der Waals surface area contributed by atoms with Gasteiger partial charge >= 0.3 is 0 Å². The number of nitrogens with zero attached hydrogens (tertiary/aromatic N) is 1. The van der Waals surface area contributed by atoms with Crippen LogP contribution in [-0.2, 0) is 6.61 Å². The Morgan fingerprint density at radius 1 is 1.03 bits per heavy atom. The molecule has 152 valence electrons. The predicted octanol–water partition coefficient (Wildman–Crippen LogP) is 8.17. The van der Waals surface area contributed by atoms with E-state index in [1.807, 2.05) is 36.4 Å². The highest BCUT2D eigenvalue weighted by molar-refractivity contribution is 9.10. The molecule has 0 radical (unpaired) electrons. The van der Waals surface area contributed by atoms with E-state index < -0.39 is 0 Å². The van der Waals surface area contributed by atoms with Crippen molar-refractivity contribution < 1.29 is 9.47 Å². The lowest BCUT2D eigenvalue weighted by Gasteiger charge is -2.13. The van der Waals surface area contributed by atoms with Gasteiger partial charge in [0.15, 0.2) is 11.5 Å². The van der Waals surface area contributed by atoms with Crippen LogP contribution in [0.4, 0.5) is 0 Å². The summed E-state index contributed by atoms with van der Waals surface area (Å²) in [6.45, 7) is 0.398. The Balaban J connectivity index is 1.91. The lowest BCUT2D eigenvalue weighted by molar-refractivity contribution is 0.284. The van der Waals surface area contributed by atoms with Gasteiger partial charge in [-0.1, -0.05) is 73.3 Å². The summed E-state index contributed by atoms with van der Waals surface area (Å²) in [4.78, 5) is 0. The summed E-state index contributed by atoms with van der Waals surface area (Å²) in [5.74, 6) is 1.15. The number of ether oxygens (including phenoxy) is 2. The topological polar surface area (TPSA) is 42.2 Å². The summed E-state index contributed by atoms with van der Waals surface area (Å²) >= 11 is 19.2. The van der Waals surface area contributed by atoms with E-state index in [0.717, 1.165) is 20.1 Å². The smallest absolute Gasteiger partial charge is 0.162 e. The molecule has 0 aromatic heterocycles. The first-order valence-corrected chi connectivity index (χ1v) is 11.1. The van der Waals surface area contributed by atoms with Crippen LogP contribution in [0.5, 0.6) is 11.5 Å². The van der Waals surface area contributed by atoms with Crippen molar-refractivity contribution in [2.75, 3.05) is 7.11 Å². The van der Waals surface area contributed by atoms with Crippen molar-refractivity contribution in [2.24, 2.45) is 0 Å². The van der Waals surface area contributed by atoms with E-state index in [4.69, 9.17) is 32.7 Å². The number of rotatable bonds is 6. The van der Waals surface area contributed by atoms with Gasteiger partial charge in [0.25, 0.3) is 0 Å². The minimum Gasteiger partial charge on any atom is -0.493 e. The van der Waals surface area contributed by atoms with Gasteiger partial charge in [-0.15, -0.1) is 0 Å². The number of halogens is 4. The van der Waals surface area contributed by atoms with Crippen LogP contribution in [0.2, 0.25) is 10.0 Å². The largest absolute Gasteiger partial charge is 0.493 e. The minimum absolute atomic E-state index is 0.398. The molecule has 0 aliphatic heterocycles. The highest BCUT2D eigenvalue weighted by Gasteiger charge is 2.13. The average molecular weight is 568 g/mol. The Hall–Kier alpha value is -1.97. The van der Waals surface area contributed by atoms with Crippen molar-refractivity contribution >= 4 is 66.7 Å². The van der Waals surface area contributed by atoms with Gasteiger partial charge < -0.3 is 9.47 Å². The van der Waals surface area contributed by atoms with E-state index in [1.165, 1.54) is 0 Å². The number of nitriles is 1. The molecule has 0 unspecified atom stereocenters. The predicted molar refractivity (Wildman–Crippen MR) is 129 cm³/mol. The lowest BCUT2D eigenvalue weighted by atomic mass is 10.0. The second kappa shape index (κ2) is 10.4. The number of hydrogen-bond acceptors (Lipinski definition) is 3. The first kappa shape index (κ1) is 22.7. The van der Waals surface area contributed by atoms with Gasteiger partial charge in [-0.05, 0) is 53.6 Å². The van der Waals surface area contributed by atoms with E-state index in [2.05, 4.69) is 37.9 Å². The Kier molecular flexibility index (Phi) is 7.85. The maximum absolute atomic E-state index is 9.65. The zero-order chi connectivity index (χ0) is 21.7. The number of hydrogen-bond donors (Lipinski definition) is 0. The molecule has 0 amide bonds. The highest BCUT2D eigenvalue weighted by Crippen LogP contribution is 2.36.